The van der Waals surface area contributed by atoms with Gasteiger partial charge in [0.15, 0.2) is 5.65 Å². The number of aryl methyl sites for hydroxylation is 2. The van der Waals surface area contributed by atoms with Crippen LogP contribution in [0, 0.1) is 31.0 Å². The highest BCUT2D eigenvalue weighted by Gasteiger charge is 2.31. The summed E-state index contributed by atoms with van der Waals surface area (Å²) in [5.74, 6) is -0.243. The summed E-state index contributed by atoms with van der Waals surface area (Å²) in [7, 11) is 0. The van der Waals surface area contributed by atoms with Gasteiger partial charge in [-0.15, -0.1) is 0 Å². The molecule has 11 heteroatoms. The van der Waals surface area contributed by atoms with E-state index in [1.54, 1.807) is 43.5 Å². The quantitative estimate of drug-likeness (QED) is 0.381. The minimum Gasteiger partial charge on any atom is -0.465 e. The molecule has 3 aromatic heterocycles. The van der Waals surface area contributed by atoms with E-state index < -0.39 is 17.6 Å². The second kappa shape index (κ2) is 10.6. The molecule has 1 aliphatic heterocycles. The van der Waals surface area contributed by atoms with Crippen molar-refractivity contribution < 1.29 is 14.3 Å². The fourth-order valence-electron chi connectivity index (χ4n) is 5.40. The Bertz CT molecular complexity index is 1790. The summed E-state index contributed by atoms with van der Waals surface area (Å²) >= 11 is 0. The molecule has 1 saturated heterocycles. The zero-order valence-electron chi connectivity index (χ0n) is 23.5. The van der Waals surface area contributed by atoms with Crippen LogP contribution in [0.5, 0.6) is 0 Å². The van der Waals surface area contributed by atoms with Crippen molar-refractivity contribution in [3.63, 3.8) is 0 Å². The Balaban J connectivity index is 1.88. The first-order chi connectivity index (χ1) is 19.5. The number of hydrogen-bond donors (Lipinski definition) is 1. The van der Waals surface area contributed by atoms with Gasteiger partial charge in [-0.1, -0.05) is 26.0 Å². The van der Waals surface area contributed by atoms with Gasteiger partial charge in [-0.25, -0.2) is 23.5 Å². The maximum atomic E-state index is 15.4. The predicted molar refractivity (Wildman–Crippen MR) is 153 cm³/mol. The zero-order chi connectivity index (χ0) is 29.6. The van der Waals surface area contributed by atoms with Gasteiger partial charge in [0.2, 0.25) is 0 Å². The molecule has 5 rings (SSSR count). The number of anilines is 1. The Hall–Kier alpha value is -4.85. The van der Waals surface area contributed by atoms with Gasteiger partial charge in [-0.2, -0.15) is 10.2 Å². The lowest BCUT2D eigenvalue weighted by molar-refractivity contribution is 0.136. The summed E-state index contributed by atoms with van der Waals surface area (Å²) in [6, 6.07) is 10.1. The number of halogens is 1. The molecule has 0 saturated carbocycles. The number of aromatic nitrogens is 4. The Labute approximate surface area is 236 Å². The summed E-state index contributed by atoms with van der Waals surface area (Å²) in [4.78, 5) is 42.6. The molecular weight excluding hydrogens is 525 g/mol. The van der Waals surface area contributed by atoms with Crippen LogP contribution in [0.3, 0.4) is 0 Å². The summed E-state index contributed by atoms with van der Waals surface area (Å²) < 4.78 is 16.8. The molecule has 10 nitrogen and oxygen atoms in total. The van der Waals surface area contributed by atoms with Crippen LogP contribution in [-0.2, 0) is 0 Å². The van der Waals surface area contributed by atoms with E-state index in [-0.39, 0.29) is 47.5 Å². The molecule has 0 aliphatic carbocycles. The first kappa shape index (κ1) is 27.7. The van der Waals surface area contributed by atoms with Crippen molar-refractivity contribution in [2.45, 2.75) is 46.6 Å². The van der Waals surface area contributed by atoms with Crippen molar-refractivity contribution in [1.29, 1.82) is 5.26 Å². The fourth-order valence-corrected chi connectivity index (χ4v) is 5.40. The summed E-state index contributed by atoms with van der Waals surface area (Å²) in [5.41, 5.74) is 2.37. The molecule has 4 aromatic rings. The van der Waals surface area contributed by atoms with Gasteiger partial charge in [0.25, 0.3) is 0 Å². The molecule has 1 N–H and O–H groups in total. The summed E-state index contributed by atoms with van der Waals surface area (Å²) in [5, 5.41) is 20.1. The minimum absolute atomic E-state index is 0.0392. The number of benzene rings is 1. The number of pyridine rings is 2. The van der Waals surface area contributed by atoms with Crippen LogP contribution < -0.4 is 10.6 Å². The van der Waals surface area contributed by atoms with E-state index in [2.05, 4.69) is 16.0 Å². The molecule has 0 bridgehead atoms. The Morgan fingerprint density at radius 1 is 1.17 bits per heavy atom. The molecule has 1 aliphatic rings. The van der Waals surface area contributed by atoms with Crippen molar-refractivity contribution in [2.24, 2.45) is 0 Å². The summed E-state index contributed by atoms with van der Waals surface area (Å²) in [6.07, 6.45) is 0.665. The normalized spacial score (nSPS) is 15.4. The molecule has 4 heterocycles. The summed E-state index contributed by atoms with van der Waals surface area (Å²) in [6.45, 7) is 10.0. The van der Waals surface area contributed by atoms with Crippen molar-refractivity contribution in [2.75, 3.05) is 24.5 Å². The molecule has 1 fully saturated rings. The Kier molecular flexibility index (Phi) is 7.17. The fraction of sp³-hybridized carbons (Fsp3) is 0.333. The van der Waals surface area contributed by atoms with Gasteiger partial charge < -0.3 is 14.9 Å². The van der Waals surface area contributed by atoms with Crippen LogP contribution in [0.2, 0.25) is 0 Å². The largest absolute Gasteiger partial charge is 0.465 e. The van der Waals surface area contributed by atoms with Crippen LogP contribution in [-0.4, -0.2) is 61.3 Å². The monoisotopic (exact) mass is 555 g/mol. The molecular formula is C30H30FN7O3. The number of nitriles is 1. The van der Waals surface area contributed by atoms with Crippen molar-refractivity contribution in [3.05, 3.63) is 75.2 Å². The third-order valence-electron chi connectivity index (χ3n) is 7.51. The zero-order valence-corrected chi connectivity index (χ0v) is 23.5. The Morgan fingerprint density at radius 2 is 1.93 bits per heavy atom. The average Bonchev–Trinajstić information content (AvgIpc) is 2.93. The van der Waals surface area contributed by atoms with Crippen LogP contribution in [0.25, 0.3) is 28.0 Å². The van der Waals surface area contributed by atoms with Gasteiger partial charge in [-0.05, 0) is 56.0 Å². The van der Waals surface area contributed by atoms with E-state index in [1.807, 2.05) is 32.6 Å². The molecule has 1 aromatic carbocycles. The van der Waals surface area contributed by atoms with Crippen LogP contribution in [0.15, 0.2) is 41.3 Å². The number of carbonyl (C=O) groups is 1. The van der Waals surface area contributed by atoms with E-state index in [4.69, 9.17) is 4.98 Å². The lowest BCUT2D eigenvalue weighted by Gasteiger charge is -2.39. The lowest BCUT2D eigenvalue weighted by Crippen LogP contribution is -2.54. The van der Waals surface area contributed by atoms with Crippen molar-refractivity contribution in [1.82, 2.24) is 24.4 Å². The third-order valence-corrected chi connectivity index (χ3v) is 7.51. The van der Waals surface area contributed by atoms with Crippen molar-refractivity contribution in [3.8, 4) is 23.0 Å². The standard InChI is InChI=1S/C30H30FN7O3/c1-16(2)24-26(18(4)9-10-33-24)38-28-22(13-20(14-32)25(34-28)21-8-6-7-17(3)23(21)31)27(35-29(38)39)37-12-11-36(30(40)41)15-19(37)5/h6-10,13,16,19H,11-12,15H2,1-5H3,(H,40,41). The number of nitrogens with zero attached hydrogens (tertiary/aromatic N) is 7. The van der Waals surface area contributed by atoms with E-state index in [1.165, 1.54) is 9.47 Å². The van der Waals surface area contributed by atoms with Crippen LogP contribution in [0.1, 0.15) is 49.1 Å². The maximum Gasteiger partial charge on any atom is 0.407 e. The molecule has 0 spiro atoms. The van der Waals surface area contributed by atoms with E-state index in [0.717, 1.165) is 5.56 Å². The predicted octanol–water partition coefficient (Wildman–Crippen LogP) is 4.78. The number of carboxylic acid groups (broad SMARTS) is 1. The highest BCUT2D eigenvalue weighted by molar-refractivity contribution is 5.92. The molecule has 1 amide bonds. The smallest absolute Gasteiger partial charge is 0.407 e. The van der Waals surface area contributed by atoms with Gasteiger partial charge in [-0.3, -0.25) is 4.98 Å². The number of fused-ring (bicyclic) bond motifs is 1. The van der Waals surface area contributed by atoms with E-state index in [0.29, 0.717) is 34.7 Å². The second-order valence-corrected chi connectivity index (χ2v) is 10.6. The molecule has 0 radical (unpaired) electrons. The van der Waals surface area contributed by atoms with Crippen molar-refractivity contribution >= 4 is 22.9 Å². The minimum atomic E-state index is -1.02. The lowest BCUT2D eigenvalue weighted by atomic mass is 10.0. The van der Waals surface area contributed by atoms with Crippen LogP contribution >= 0.6 is 0 Å². The van der Waals surface area contributed by atoms with Crippen LogP contribution in [0.4, 0.5) is 15.0 Å². The maximum absolute atomic E-state index is 15.4. The van der Waals surface area contributed by atoms with Gasteiger partial charge in [0.05, 0.1) is 28.0 Å². The highest BCUT2D eigenvalue weighted by atomic mass is 19.1. The first-order valence-electron chi connectivity index (χ1n) is 13.4. The van der Waals surface area contributed by atoms with E-state index >= 15 is 4.39 Å². The highest BCUT2D eigenvalue weighted by Crippen LogP contribution is 2.34. The molecule has 210 valence electrons. The van der Waals surface area contributed by atoms with E-state index in [9.17, 15) is 20.0 Å². The number of hydrogen-bond acceptors (Lipinski definition) is 7. The third kappa shape index (κ3) is 4.75. The van der Waals surface area contributed by atoms with Gasteiger partial charge in [0, 0.05) is 37.4 Å². The second-order valence-electron chi connectivity index (χ2n) is 10.6. The van der Waals surface area contributed by atoms with Gasteiger partial charge >= 0.3 is 11.8 Å². The Morgan fingerprint density at radius 3 is 2.59 bits per heavy atom. The SMILES string of the molecule is Cc1cccc(-c2nc3c(cc2C#N)c(N2CCN(C(=O)O)CC2C)nc(=O)n3-c2c(C)ccnc2C(C)C)c1F. The number of amides is 1. The van der Waals surface area contributed by atoms with Gasteiger partial charge in [0.1, 0.15) is 17.7 Å². The average molecular weight is 556 g/mol. The topological polar surface area (TPSA) is 128 Å². The molecule has 1 atom stereocenters. The number of piperazine rings is 1. The molecule has 41 heavy (non-hydrogen) atoms. The number of rotatable bonds is 4. The molecule has 1 unspecified atom stereocenters. The first-order valence-corrected chi connectivity index (χ1v) is 13.4.